The summed E-state index contributed by atoms with van der Waals surface area (Å²) in [4.78, 5) is 21.4. The fourth-order valence-corrected chi connectivity index (χ4v) is 3.36. The highest BCUT2D eigenvalue weighted by Crippen LogP contribution is 2.37. The van der Waals surface area contributed by atoms with Crippen molar-refractivity contribution in [2.45, 2.75) is 13.8 Å². The number of anilines is 1. The highest BCUT2D eigenvalue weighted by Gasteiger charge is 2.24. The van der Waals surface area contributed by atoms with Gasteiger partial charge in [-0.2, -0.15) is 0 Å². The second-order valence-corrected chi connectivity index (χ2v) is 7.57. The molecule has 0 atom stereocenters. The molecular formula is C21H26ClN3O3. The molecule has 3 rings (SSSR count). The lowest BCUT2D eigenvalue weighted by atomic mass is 10.1. The van der Waals surface area contributed by atoms with Crippen molar-refractivity contribution in [1.82, 2.24) is 9.88 Å². The standard InChI is InChI=1S/C21H26ClN3O3/c1-15(2)14-28-20-17(22)12-16(13-18(20)27-3)21(26)25-10-8-24(9-11-25)19-6-4-5-7-23-19/h4-7,12-13,15H,8-11,14H2,1-3H3. The Kier molecular flexibility index (Phi) is 6.62. The van der Waals surface area contributed by atoms with E-state index in [0.717, 1.165) is 18.9 Å². The van der Waals surface area contributed by atoms with Crippen molar-refractivity contribution in [3.8, 4) is 11.5 Å². The second-order valence-electron chi connectivity index (χ2n) is 7.16. The Morgan fingerprint density at radius 2 is 1.96 bits per heavy atom. The molecule has 1 amide bonds. The Bertz CT molecular complexity index is 806. The Balaban J connectivity index is 1.70. The van der Waals surface area contributed by atoms with Crippen molar-refractivity contribution in [3.63, 3.8) is 0 Å². The quantitative estimate of drug-likeness (QED) is 0.735. The summed E-state index contributed by atoms with van der Waals surface area (Å²) in [7, 11) is 1.55. The fraction of sp³-hybridized carbons (Fsp3) is 0.429. The summed E-state index contributed by atoms with van der Waals surface area (Å²) < 4.78 is 11.2. The number of halogens is 1. The van der Waals surface area contributed by atoms with Crippen LogP contribution in [-0.4, -0.2) is 55.7 Å². The zero-order valence-corrected chi connectivity index (χ0v) is 17.3. The molecule has 1 fully saturated rings. The van der Waals surface area contributed by atoms with Crippen LogP contribution >= 0.6 is 11.6 Å². The molecule has 150 valence electrons. The van der Waals surface area contributed by atoms with Gasteiger partial charge in [0.15, 0.2) is 11.5 Å². The van der Waals surface area contributed by atoms with Crippen LogP contribution in [-0.2, 0) is 0 Å². The van der Waals surface area contributed by atoms with E-state index in [0.29, 0.717) is 47.7 Å². The van der Waals surface area contributed by atoms with Gasteiger partial charge >= 0.3 is 0 Å². The Morgan fingerprint density at radius 1 is 1.21 bits per heavy atom. The first-order valence-corrected chi connectivity index (χ1v) is 9.83. The van der Waals surface area contributed by atoms with Crippen molar-refractivity contribution in [3.05, 3.63) is 47.1 Å². The Labute approximate surface area is 171 Å². The SMILES string of the molecule is COc1cc(C(=O)N2CCN(c3ccccn3)CC2)cc(Cl)c1OCC(C)C. The number of hydrogen-bond donors (Lipinski definition) is 0. The van der Waals surface area contributed by atoms with E-state index in [4.69, 9.17) is 21.1 Å². The minimum Gasteiger partial charge on any atom is -0.493 e. The van der Waals surface area contributed by atoms with Gasteiger partial charge in [0.1, 0.15) is 5.82 Å². The molecule has 1 saturated heterocycles. The van der Waals surface area contributed by atoms with E-state index in [2.05, 4.69) is 23.7 Å². The van der Waals surface area contributed by atoms with E-state index in [1.54, 1.807) is 25.4 Å². The van der Waals surface area contributed by atoms with Crippen molar-refractivity contribution < 1.29 is 14.3 Å². The molecule has 0 N–H and O–H groups in total. The number of benzene rings is 1. The number of methoxy groups -OCH3 is 1. The average Bonchev–Trinajstić information content (AvgIpc) is 2.72. The maximum Gasteiger partial charge on any atom is 0.254 e. The van der Waals surface area contributed by atoms with Gasteiger partial charge in [0.25, 0.3) is 5.91 Å². The molecule has 28 heavy (non-hydrogen) atoms. The van der Waals surface area contributed by atoms with E-state index in [1.165, 1.54) is 0 Å². The lowest BCUT2D eigenvalue weighted by Gasteiger charge is -2.35. The van der Waals surface area contributed by atoms with Crippen LogP contribution < -0.4 is 14.4 Å². The molecule has 1 aromatic carbocycles. The third-order valence-electron chi connectivity index (χ3n) is 4.58. The third kappa shape index (κ3) is 4.68. The summed E-state index contributed by atoms with van der Waals surface area (Å²) in [5.41, 5.74) is 0.505. The first-order chi connectivity index (χ1) is 13.5. The average molecular weight is 404 g/mol. The van der Waals surface area contributed by atoms with E-state index in [1.807, 2.05) is 23.1 Å². The van der Waals surface area contributed by atoms with Gasteiger partial charge in [0, 0.05) is 37.9 Å². The van der Waals surface area contributed by atoms with Gasteiger partial charge in [-0.1, -0.05) is 31.5 Å². The van der Waals surface area contributed by atoms with E-state index in [9.17, 15) is 4.79 Å². The number of piperazine rings is 1. The number of amides is 1. The monoisotopic (exact) mass is 403 g/mol. The lowest BCUT2D eigenvalue weighted by Crippen LogP contribution is -2.49. The molecule has 0 saturated carbocycles. The van der Waals surface area contributed by atoms with Crippen LogP contribution in [0.2, 0.25) is 5.02 Å². The number of aromatic nitrogens is 1. The molecule has 0 aliphatic carbocycles. The van der Waals surface area contributed by atoms with Crippen LogP contribution in [0.15, 0.2) is 36.5 Å². The van der Waals surface area contributed by atoms with Crippen LogP contribution in [0.1, 0.15) is 24.2 Å². The molecule has 2 aromatic rings. The zero-order chi connectivity index (χ0) is 20.1. The molecule has 1 aromatic heterocycles. The first kappa shape index (κ1) is 20.3. The van der Waals surface area contributed by atoms with Crippen molar-refractivity contribution >= 4 is 23.3 Å². The molecule has 1 aliphatic rings. The molecular weight excluding hydrogens is 378 g/mol. The summed E-state index contributed by atoms with van der Waals surface area (Å²) in [6.45, 7) is 7.37. The summed E-state index contributed by atoms with van der Waals surface area (Å²) in [6, 6.07) is 9.21. The van der Waals surface area contributed by atoms with Crippen molar-refractivity contribution in [2.24, 2.45) is 5.92 Å². The van der Waals surface area contributed by atoms with Crippen LogP contribution in [0.3, 0.4) is 0 Å². The number of hydrogen-bond acceptors (Lipinski definition) is 5. The second kappa shape index (κ2) is 9.15. The topological polar surface area (TPSA) is 54.9 Å². The molecule has 0 radical (unpaired) electrons. The van der Waals surface area contributed by atoms with Crippen molar-refractivity contribution in [1.29, 1.82) is 0 Å². The van der Waals surface area contributed by atoms with Gasteiger partial charge < -0.3 is 19.3 Å². The summed E-state index contributed by atoms with van der Waals surface area (Å²) in [5, 5.41) is 0.385. The van der Waals surface area contributed by atoms with Gasteiger partial charge in [0.2, 0.25) is 0 Å². The molecule has 7 heteroatoms. The molecule has 1 aliphatic heterocycles. The number of carbonyl (C=O) groups is 1. The molecule has 0 unspecified atom stereocenters. The van der Waals surface area contributed by atoms with Crippen LogP contribution in [0.5, 0.6) is 11.5 Å². The number of carbonyl (C=O) groups excluding carboxylic acids is 1. The Morgan fingerprint density at radius 3 is 2.57 bits per heavy atom. The number of pyridine rings is 1. The van der Waals surface area contributed by atoms with Gasteiger partial charge in [0.05, 0.1) is 18.7 Å². The zero-order valence-electron chi connectivity index (χ0n) is 16.5. The molecule has 0 spiro atoms. The van der Waals surface area contributed by atoms with E-state index >= 15 is 0 Å². The minimum atomic E-state index is -0.0590. The van der Waals surface area contributed by atoms with Gasteiger partial charge in [-0.05, 0) is 30.2 Å². The number of nitrogens with zero attached hydrogens (tertiary/aromatic N) is 3. The predicted molar refractivity (Wildman–Crippen MR) is 111 cm³/mol. The highest BCUT2D eigenvalue weighted by atomic mass is 35.5. The number of ether oxygens (including phenoxy) is 2. The molecule has 2 heterocycles. The van der Waals surface area contributed by atoms with E-state index in [-0.39, 0.29) is 5.91 Å². The van der Waals surface area contributed by atoms with Crippen molar-refractivity contribution in [2.75, 3.05) is 44.8 Å². The predicted octanol–water partition coefficient (Wildman–Crippen LogP) is 3.74. The van der Waals surface area contributed by atoms with Crippen LogP contribution in [0.4, 0.5) is 5.82 Å². The van der Waals surface area contributed by atoms with Gasteiger partial charge in [-0.25, -0.2) is 4.98 Å². The Hall–Kier alpha value is -2.47. The highest BCUT2D eigenvalue weighted by molar-refractivity contribution is 6.32. The number of rotatable bonds is 6. The first-order valence-electron chi connectivity index (χ1n) is 9.45. The molecule has 0 bridgehead atoms. The fourth-order valence-electron chi connectivity index (χ4n) is 3.10. The maximum absolute atomic E-state index is 13.0. The molecule has 6 nitrogen and oxygen atoms in total. The van der Waals surface area contributed by atoms with E-state index < -0.39 is 0 Å². The summed E-state index contributed by atoms with van der Waals surface area (Å²) in [6.07, 6.45) is 1.78. The summed E-state index contributed by atoms with van der Waals surface area (Å²) in [5.74, 6) is 2.19. The van der Waals surface area contributed by atoms with Gasteiger partial charge in [-0.3, -0.25) is 4.79 Å². The maximum atomic E-state index is 13.0. The summed E-state index contributed by atoms with van der Waals surface area (Å²) >= 11 is 6.39. The van der Waals surface area contributed by atoms with Gasteiger partial charge in [-0.15, -0.1) is 0 Å². The van der Waals surface area contributed by atoms with Crippen LogP contribution in [0, 0.1) is 5.92 Å². The third-order valence-corrected chi connectivity index (χ3v) is 4.86. The largest absolute Gasteiger partial charge is 0.493 e. The lowest BCUT2D eigenvalue weighted by molar-refractivity contribution is 0.0746. The minimum absolute atomic E-state index is 0.0590. The van der Waals surface area contributed by atoms with Crippen LogP contribution in [0.25, 0.3) is 0 Å². The smallest absolute Gasteiger partial charge is 0.254 e. The normalized spacial score (nSPS) is 14.3.